The van der Waals surface area contributed by atoms with Crippen molar-refractivity contribution in [3.05, 3.63) is 62.6 Å². The lowest BCUT2D eigenvalue weighted by atomic mass is 10.1. The summed E-state index contributed by atoms with van der Waals surface area (Å²) in [6.45, 7) is 0. The molecule has 0 bridgehead atoms. The van der Waals surface area contributed by atoms with Crippen LogP contribution < -0.4 is 11.1 Å². The summed E-state index contributed by atoms with van der Waals surface area (Å²) in [7, 11) is 0. The second-order valence-electron chi connectivity index (χ2n) is 4.39. The third kappa shape index (κ3) is 4.03. The van der Waals surface area contributed by atoms with E-state index in [1.54, 1.807) is 18.2 Å². The van der Waals surface area contributed by atoms with E-state index in [9.17, 15) is 14.9 Å². The number of hydrogen-bond acceptors (Lipinski definition) is 4. The van der Waals surface area contributed by atoms with Gasteiger partial charge in [-0.1, -0.05) is 12.1 Å². The van der Waals surface area contributed by atoms with Crippen LogP contribution in [0.2, 0.25) is 0 Å². The van der Waals surface area contributed by atoms with E-state index >= 15 is 0 Å². The highest BCUT2D eigenvalue weighted by atomic mass is 79.9. The van der Waals surface area contributed by atoms with E-state index in [0.29, 0.717) is 15.8 Å². The number of nitrogen functional groups attached to an aromatic ring is 1. The Morgan fingerprint density at radius 1 is 1.29 bits per heavy atom. The van der Waals surface area contributed by atoms with Gasteiger partial charge >= 0.3 is 0 Å². The van der Waals surface area contributed by atoms with Crippen molar-refractivity contribution in [1.29, 1.82) is 0 Å². The molecule has 2 aromatic rings. The zero-order valence-electron chi connectivity index (χ0n) is 10.9. The number of nitrogens with one attached hydrogen (secondary N) is 1. The number of nitrogens with zero attached hydrogens (tertiary/aromatic N) is 1. The number of carbonyl (C=O) groups is 1. The molecule has 21 heavy (non-hydrogen) atoms. The lowest BCUT2D eigenvalue weighted by Crippen LogP contribution is -2.14. The number of halogens is 1. The molecule has 0 aliphatic carbocycles. The minimum absolute atomic E-state index is 0.0520. The highest BCUT2D eigenvalue weighted by Crippen LogP contribution is 2.27. The summed E-state index contributed by atoms with van der Waals surface area (Å²) in [4.78, 5) is 22.1. The van der Waals surface area contributed by atoms with Crippen molar-refractivity contribution in [1.82, 2.24) is 0 Å². The van der Waals surface area contributed by atoms with E-state index < -0.39 is 4.92 Å². The van der Waals surface area contributed by atoms with Crippen LogP contribution in [0.1, 0.15) is 5.56 Å². The van der Waals surface area contributed by atoms with Gasteiger partial charge in [-0.05, 0) is 45.8 Å². The maximum absolute atomic E-state index is 11.9. The minimum Gasteiger partial charge on any atom is -0.399 e. The van der Waals surface area contributed by atoms with Gasteiger partial charge in [0.2, 0.25) is 5.91 Å². The SMILES string of the molecule is Nc1cccc(CC(=O)Nc2ccc([N+](=O)[O-])c(Br)c2)c1. The molecule has 108 valence electrons. The molecule has 0 unspecified atom stereocenters. The number of rotatable bonds is 4. The molecule has 0 heterocycles. The normalized spacial score (nSPS) is 10.1. The number of benzene rings is 2. The van der Waals surface area contributed by atoms with Crippen molar-refractivity contribution >= 4 is 38.9 Å². The van der Waals surface area contributed by atoms with E-state index in [1.165, 1.54) is 18.2 Å². The molecule has 7 heteroatoms. The molecule has 0 spiro atoms. The highest BCUT2D eigenvalue weighted by Gasteiger charge is 2.12. The number of carbonyl (C=O) groups excluding carboxylic acids is 1. The van der Waals surface area contributed by atoms with Crippen molar-refractivity contribution in [3.63, 3.8) is 0 Å². The molecule has 0 fully saturated rings. The predicted molar refractivity (Wildman–Crippen MR) is 84.0 cm³/mol. The van der Waals surface area contributed by atoms with E-state index in [0.717, 1.165) is 5.56 Å². The van der Waals surface area contributed by atoms with Gasteiger partial charge in [0.05, 0.1) is 15.8 Å². The second-order valence-corrected chi connectivity index (χ2v) is 5.25. The summed E-state index contributed by atoms with van der Waals surface area (Å²) in [5.74, 6) is -0.221. The van der Waals surface area contributed by atoms with Gasteiger partial charge in [0.1, 0.15) is 0 Å². The number of hydrogen-bond donors (Lipinski definition) is 2. The summed E-state index contributed by atoms with van der Waals surface area (Å²) in [5.41, 5.74) is 7.48. The van der Waals surface area contributed by atoms with Crippen LogP contribution in [0.4, 0.5) is 17.1 Å². The molecule has 6 nitrogen and oxygen atoms in total. The lowest BCUT2D eigenvalue weighted by molar-refractivity contribution is -0.385. The number of anilines is 2. The van der Waals surface area contributed by atoms with Gasteiger partial charge in [0.15, 0.2) is 0 Å². The van der Waals surface area contributed by atoms with Gasteiger partial charge in [-0.25, -0.2) is 0 Å². The number of amides is 1. The van der Waals surface area contributed by atoms with Crippen LogP contribution in [0.3, 0.4) is 0 Å². The van der Waals surface area contributed by atoms with Crippen LogP contribution in [0.15, 0.2) is 46.9 Å². The molecule has 2 aromatic carbocycles. The van der Waals surface area contributed by atoms with Crippen molar-refractivity contribution in [2.45, 2.75) is 6.42 Å². The molecule has 0 atom stereocenters. The second kappa shape index (κ2) is 6.36. The topological polar surface area (TPSA) is 98.3 Å². The molecule has 1 amide bonds. The Hall–Kier alpha value is -2.41. The third-order valence-electron chi connectivity index (χ3n) is 2.74. The van der Waals surface area contributed by atoms with E-state index in [2.05, 4.69) is 21.2 Å². The smallest absolute Gasteiger partial charge is 0.283 e. The first-order valence-corrected chi connectivity index (χ1v) is 6.83. The Kier molecular flexibility index (Phi) is 4.54. The molecular weight excluding hydrogens is 338 g/mol. The third-order valence-corrected chi connectivity index (χ3v) is 3.38. The van der Waals surface area contributed by atoms with Gasteiger partial charge in [-0.3, -0.25) is 14.9 Å². The predicted octanol–water partition coefficient (Wildman–Crippen LogP) is 3.12. The van der Waals surface area contributed by atoms with Crippen LogP contribution >= 0.6 is 15.9 Å². The van der Waals surface area contributed by atoms with Crippen LogP contribution in [0.25, 0.3) is 0 Å². The maximum atomic E-state index is 11.9. The summed E-state index contributed by atoms with van der Waals surface area (Å²) in [6.07, 6.45) is 0.180. The van der Waals surface area contributed by atoms with Gasteiger partial charge in [0, 0.05) is 17.4 Å². The number of nitro benzene ring substituents is 1. The molecule has 0 saturated carbocycles. The zero-order valence-corrected chi connectivity index (χ0v) is 12.5. The Morgan fingerprint density at radius 3 is 2.67 bits per heavy atom. The molecule has 3 N–H and O–H groups in total. The van der Waals surface area contributed by atoms with E-state index in [-0.39, 0.29) is 18.0 Å². The molecular formula is C14H12BrN3O3. The Labute approximate surface area is 129 Å². The first-order chi connectivity index (χ1) is 9.95. The number of nitrogens with two attached hydrogens (primary N) is 1. The largest absolute Gasteiger partial charge is 0.399 e. The molecule has 0 saturated heterocycles. The van der Waals surface area contributed by atoms with Crippen molar-refractivity contribution < 1.29 is 9.72 Å². The lowest BCUT2D eigenvalue weighted by Gasteiger charge is -2.06. The van der Waals surface area contributed by atoms with Gasteiger partial charge in [-0.2, -0.15) is 0 Å². The molecule has 0 aliphatic heterocycles. The van der Waals surface area contributed by atoms with Gasteiger partial charge in [0.25, 0.3) is 5.69 Å². The average Bonchev–Trinajstić information content (AvgIpc) is 2.38. The molecule has 0 aliphatic rings. The van der Waals surface area contributed by atoms with Crippen molar-refractivity contribution in [2.24, 2.45) is 0 Å². The van der Waals surface area contributed by atoms with Crippen LogP contribution in [-0.2, 0) is 11.2 Å². The summed E-state index contributed by atoms with van der Waals surface area (Å²) >= 11 is 3.10. The van der Waals surface area contributed by atoms with E-state index in [1.807, 2.05) is 6.07 Å². The Bertz CT molecular complexity index is 704. The fourth-order valence-electron chi connectivity index (χ4n) is 1.83. The Morgan fingerprint density at radius 2 is 2.05 bits per heavy atom. The van der Waals surface area contributed by atoms with Crippen LogP contribution in [0, 0.1) is 10.1 Å². The quantitative estimate of drug-likeness (QED) is 0.503. The Balaban J connectivity index is 2.06. The molecule has 2 rings (SSSR count). The highest BCUT2D eigenvalue weighted by molar-refractivity contribution is 9.10. The fourth-order valence-corrected chi connectivity index (χ4v) is 2.35. The first kappa shape index (κ1) is 15.0. The standard InChI is InChI=1S/C14H12BrN3O3/c15-12-8-11(4-5-13(12)18(20)21)17-14(19)7-9-2-1-3-10(16)6-9/h1-6,8H,7,16H2,(H,17,19). The van der Waals surface area contributed by atoms with Crippen molar-refractivity contribution in [3.8, 4) is 0 Å². The fraction of sp³-hybridized carbons (Fsp3) is 0.0714. The van der Waals surface area contributed by atoms with E-state index in [4.69, 9.17) is 5.73 Å². The summed E-state index contributed by atoms with van der Waals surface area (Å²) in [6, 6.07) is 11.4. The minimum atomic E-state index is -0.498. The average molecular weight is 350 g/mol. The maximum Gasteiger partial charge on any atom is 0.283 e. The molecule has 0 radical (unpaired) electrons. The van der Waals surface area contributed by atoms with Gasteiger partial charge in [-0.15, -0.1) is 0 Å². The van der Waals surface area contributed by atoms with Crippen LogP contribution in [-0.4, -0.2) is 10.8 Å². The van der Waals surface area contributed by atoms with Crippen LogP contribution in [0.5, 0.6) is 0 Å². The zero-order chi connectivity index (χ0) is 15.4. The van der Waals surface area contributed by atoms with Gasteiger partial charge < -0.3 is 11.1 Å². The van der Waals surface area contributed by atoms with Crippen molar-refractivity contribution in [2.75, 3.05) is 11.1 Å². The summed E-state index contributed by atoms with van der Waals surface area (Å²) < 4.78 is 0.314. The first-order valence-electron chi connectivity index (χ1n) is 6.04. The number of nitro groups is 1. The summed E-state index contributed by atoms with van der Waals surface area (Å²) in [5, 5.41) is 13.4. The monoisotopic (exact) mass is 349 g/mol. The molecule has 0 aromatic heterocycles.